The largest absolute Gasteiger partial charge is 0.492 e. The molecular weight excluding hydrogens is 406 g/mol. The van der Waals surface area contributed by atoms with E-state index in [2.05, 4.69) is 4.90 Å². The average molecular weight is 436 g/mol. The van der Waals surface area contributed by atoms with E-state index in [1.54, 1.807) is 24.3 Å². The van der Waals surface area contributed by atoms with Crippen molar-refractivity contribution in [2.24, 2.45) is 0 Å². The summed E-state index contributed by atoms with van der Waals surface area (Å²) in [4.78, 5) is 14.3. The van der Waals surface area contributed by atoms with Crippen molar-refractivity contribution in [2.45, 2.75) is 49.2 Å². The molecule has 1 aliphatic rings. The molecule has 7 nitrogen and oxygen atoms in total. The molecule has 0 spiro atoms. The van der Waals surface area contributed by atoms with Gasteiger partial charge in [0, 0.05) is 13.0 Å². The van der Waals surface area contributed by atoms with E-state index in [9.17, 15) is 18.3 Å². The van der Waals surface area contributed by atoms with E-state index in [-0.39, 0.29) is 17.1 Å². The van der Waals surface area contributed by atoms with Crippen molar-refractivity contribution in [3.8, 4) is 5.75 Å². The van der Waals surface area contributed by atoms with E-state index < -0.39 is 20.6 Å². The van der Waals surface area contributed by atoms with Gasteiger partial charge in [0.2, 0.25) is 0 Å². The Bertz CT molecular complexity index is 960. The SMILES string of the molecule is Cc1occc1S(=O)(=O)C(C)(Cc1ccc(OCCN2CCCCC2)cc1)C(=O)O. The van der Waals surface area contributed by atoms with Crippen LogP contribution in [0.4, 0.5) is 0 Å². The number of sulfone groups is 1. The monoisotopic (exact) mass is 435 g/mol. The Balaban J connectivity index is 1.67. The molecule has 164 valence electrons. The molecule has 1 aromatic carbocycles. The highest BCUT2D eigenvalue weighted by Crippen LogP contribution is 2.32. The molecule has 1 fully saturated rings. The number of carboxylic acid groups (broad SMARTS) is 1. The lowest BCUT2D eigenvalue weighted by Crippen LogP contribution is -2.45. The third kappa shape index (κ3) is 4.70. The first-order valence-electron chi connectivity index (χ1n) is 10.2. The Morgan fingerprint density at radius 1 is 1.17 bits per heavy atom. The summed E-state index contributed by atoms with van der Waals surface area (Å²) < 4.78 is 35.0. The van der Waals surface area contributed by atoms with Crippen molar-refractivity contribution in [3.05, 3.63) is 47.9 Å². The van der Waals surface area contributed by atoms with E-state index in [1.165, 1.54) is 45.4 Å². The molecule has 1 saturated heterocycles. The number of aliphatic carboxylic acids is 1. The third-order valence-corrected chi connectivity index (χ3v) is 8.24. The summed E-state index contributed by atoms with van der Waals surface area (Å²) in [5, 5.41) is 9.77. The van der Waals surface area contributed by atoms with Gasteiger partial charge in [0.05, 0.1) is 6.26 Å². The number of carbonyl (C=O) groups is 1. The van der Waals surface area contributed by atoms with Crippen LogP contribution in [0.5, 0.6) is 5.75 Å². The number of hydrogen-bond acceptors (Lipinski definition) is 6. The van der Waals surface area contributed by atoms with Crippen LogP contribution in [0, 0.1) is 6.92 Å². The number of hydrogen-bond donors (Lipinski definition) is 1. The van der Waals surface area contributed by atoms with Crippen LogP contribution in [-0.2, 0) is 21.1 Å². The average Bonchev–Trinajstić information content (AvgIpc) is 3.16. The second-order valence-electron chi connectivity index (χ2n) is 7.95. The fourth-order valence-corrected chi connectivity index (χ4v) is 5.48. The van der Waals surface area contributed by atoms with Gasteiger partial charge in [-0.05, 0) is 63.5 Å². The number of aryl methyl sites for hydroxylation is 1. The van der Waals surface area contributed by atoms with Gasteiger partial charge in [-0.3, -0.25) is 9.69 Å². The molecule has 1 N–H and O–H groups in total. The Morgan fingerprint density at radius 2 is 1.83 bits per heavy atom. The first-order chi connectivity index (χ1) is 14.2. The first-order valence-corrected chi connectivity index (χ1v) is 11.7. The van der Waals surface area contributed by atoms with Crippen LogP contribution in [-0.4, -0.2) is 55.4 Å². The maximum Gasteiger partial charge on any atom is 0.325 e. The normalized spacial score (nSPS) is 17.4. The molecule has 0 bridgehead atoms. The number of furan rings is 1. The lowest BCUT2D eigenvalue weighted by molar-refractivity contribution is -0.139. The zero-order chi connectivity index (χ0) is 21.8. The molecule has 0 amide bonds. The number of rotatable bonds is 9. The molecule has 1 aliphatic heterocycles. The number of carboxylic acids is 1. The lowest BCUT2D eigenvalue weighted by Gasteiger charge is -2.26. The molecule has 2 heterocycles. The van der Waals surface area contributed by atoms with Crippen LogP contribution < -0.4 is 4.74 Å². The lowest BCUT2D eigenvalue weighted by atomic mass is 10.0. The maximum absolute atomic E-state index is 13.1. The minimum Gasteiger partial charge on any atom is -0.492 e. The fourth-order valence-electron chi connectivity index (χ4n) is 3.75. The standard InChI is InChI=1S/C22H29NO6S/c1-17-20(10-14-28-17)30(26,27)22(2,21(24)25)16-18-6-8-19(9-7-18)29-15-13-23-11-4-3-5-12-23/h6-10,14H,3-5,11-13,15-16H2,1-2H3,(H,24,25). The summed E-state index contributed by atoms with van der Waals surface area (Å²) in [5.74, 6) is -0.536. The first kappa shape index (κ1) is 22.4. The molecule has 2 aromatic rings. The highest BCUT2D eigenvalue weighted by atomic mass is 32.2. The van der Waals surface area contributed by atoms with Gasteiger partial charge in [-0.25, -0.2) is 8.42 Å². The van der Waals surface area contributed by atoms with Crippen LogP contribution in [0.3, 0.4) is 0 Å². The number of likely N-dealkylation sites (tertiary alicyclic amines) is 1. The van der Waals surface area contributed by atoms with Gasteiger partial charge >= 0.3 is 5.97 Å². The molecule has 0 saturated carbocycles. The Morgan fingerprint density at radius 3 is 2.40 bits per heavy atom. The molecule has 1 unspecified atom stereocenters. The second kappa shape index (κ2) is 9.22. The van der Waals surface area contributed by atoms with Gasteiger partial charge in [-0.2, -0.15) is 0 Å². The molecule has 30 heavy (non-hydrogen) atoms. The quantitative estimate of drug-likeness (QED) is 0.645. The highest BCUT2D eigenvalue weighted by molar-refractivity contribution is 7.93. The molecular formula is C22H29NO6S. The van der Waals surface area contributed by atoms with Gasteiger partial charge in [-0.15, -0.1) is 0 Å². The van der Waals surface area contributed by atoms with Gasteiger partial charge in [0.15, 0.2) is 14.6 Å². The second-order valence-corrected chi connectivity index (χ2v) is 10.3. The van der Waals surface area contributed by atoms with Crippen LogP contribution in [0.25, 0.3) is 0 Å². The van der Waals surface area contributed by atoms with Crippen molar-refractivity contribution in [2.75, 3.05) is 26.2 Å². The zero-order valence-electron chi connectivity index (χ0n) is 17.5. The highest BCUT2D eigenvalue weighted by Gasteiger charge is 2.48. The smallest absolute Gasteiger partial charge is 0.325 e. The molecule has 0 aliphatic carbocycles. The van der Waals surface area contributed by atoms with Crippen LogP contribution in [0.2, 0.25) is 0 Å². The van der Waals surface area contributed by atoms with E-state index >= 15 is 0 Å². The fraction of sp³-hybridized carbons (Fsp3) is 0.500. The van der Waals surface area contributed by atoms with Crippen LogP contribution in [0.1, 0.15) is 37.5 Å². The molecule has 1 aromatic heterocycles. The molecule has 3 rings (SSSR count). The van der Waals surface area contributed by atoms with E-state index in [4.69, 9.17) is 9.15 Å². The predicted molar refractivity (Wildman–Crippen MR) is 113 cm³/mol. The van der Waals surface area contributed by atoms with Crippen molar-refractivity contribution < 1.29 is 27.5 Å². The topological polar surface area (TPSA) is 97.1 Å². The van der Waals surface area contributed by atoms with Gasteiger partial charge in [-0.1, -0.05) is 18.6 Å². The Hall–Kier alpha value is -2.32. The van der Waals surface area contributed by atoms with Crippen molar-refractivity contribution in [1.29, 1.82) is 0 Å². The summed E-state index contributed by atoms with van der Waals surface area (Å²) in [6, 6.07) is 8.24. The predicted octanol–water partition coefficient (Wildman–Crippen LogP) is 3.31. The third-order valence-electron chi connectivity index (χ3n) is 5.74. The van der Waals surface area contributed by atoms with Crippen molar-refractivity contribution >= 4 is 15.8 Å². The zero-order valence-corrected chi connectivity index (χ0v) is 18.3. The minimum absolute atomic E-state index is 0.0925. The summed E-state index contributed by atoms with van der Waals surface area (Å²) in [7, 11) is -4.15. The van der Waals surface area contributed by atoms with E-state index in [0.29, 0.717) is 17.9 Å². The van der Waals surface area contributed by atoms with Gasteiger partial charge < -0.3 is 14.3 Å². The number of nitrogens with zero attached hydrogens (tertiary/aromatic N) is 1. The van der Waals surface area contributed by atoms with Crippen LogP contribution in [0.15, 0.2) is 45.9 Å². The van der Waals surface area contributed by atoms with Crippen molar-refractivity contribution in [1.82, 2.24) is 4.90 Å². The Kier molecular flexibility index (Phi) is 6.88. The van der Waals surface area contributed by atoms with Gasteiger partial charge in [0.25, 0.3) is 0 Å². The number of piperidine rings is 1. The molecule has 0 radical (unpaired) electrons. The van der Waals surface area contributed by atoms with E-state index in [0.717, 1.165) is 19.6 Å². The van der Waals surface area contributed by atoms with Crippen molar-refractivity contribution in [3.63, 3.8) is 0 Å². The minimum atomic E-state index is -4.15. The maximum atomic E-state index is 13.1. The van der Waals surface area contributed by atoms with Gasteiger partial charge in [0.1, 0.15) is 23.0 Å². The number of ether oxygens (including phenoxy) is 1. The van der Waals surface area contributed by atoms with E-state index in [1.807, 2.05) is 0 Å². The molecule has 1 atom stereocenters. The number of benzene rings is 1. The summed E-state index contributed by atoms with van der Waals surface area (Å²) >= 11 is 0. The van der Waals surface area contributed by atoms with Crippen LogP contribution >= 0.6 is 0 Å². The Labute approximate surface area is 177 Å². The summed E-state index contributed by atoms with van der Waals surface area (Å²) in [6.45, 7) is 6.42. The molecule has 8 heteroatoms. The summed E-state index contributed by atoms with van der Waals surface area (Å²) in [6.07, 6.45) is 4.85. The summed E-state index contributed by atoms with van der Waals surface area (Å²) in [5.41, 5.74) is 0.605.